The minimum absolute atomic E-state index is 0.0594. The van der Waals surface area contributed by atoms with E-state index in [1.807, 2.05) is 36.4 Å². The number of rotatable bonds is 4. The van der Waals surface area contributed by atoms with Crippen molar-refractivity contribution in [2.45, 2.75) is 44.2 Å². The number of nitrogens with one attached hydrogen (secondary N) is 3. The van der Waals surface area contributed by atoms with Gasteiger partial charge < -0.3 is 10.6 Å². The highest BCUT2D eigenvalue weighted by Crippen LogP contribution is 2.33. The summed E-state index contributed by atoms with van der Waals surface area (Å²) in [7, 11) is 0. The second kappa shape index (κ2) is 7.78. The van der Waals surface area contributed by atoms with Crippen molar-refractivity contribution in [3.8, 4) is 0 Å². The average molecular weight is 408 g/mol. The molecule has 6 amide bonds. The largest absolute Gasteiger partial charge is 0.335 e. The van der Waals surface area contributed by atoms with Gasteiger partial charge >= 0.3 is 12.1 Å². The molecular formula is C22H24N4O4. The normalized spacial score (nSPS) is 21.7. The average Bonchev–Trinajstić information content (AvgIpc) is 3.30. The van der Waals surface area contributed by atoms with Crippen LogP contribution in [0.3, 0.4) is 0 Å². The molecular weight excluding hydrogens is 384 g/mol. The number of amides is 6. The van der Waals surface area contributed by atoms with E-state index in [2.05, 4.69) is 16.0 Å². The Morgan fingerprint density at radius 3 is 2.57 bits per heavy atom. The fourth-order valence-corrected chi connectivity index (χ4v) is 4.29. The van der Waals surface area contributed by atoms with E-state index >= 15 is 0 Å². The van der Waals surface area contributed by atoms with Crippen LogP contribution in [-0.2, 0) is 15.1 Å². The summed E-state index contributed by atoms with van der Waals surface area (Å²) in [6, 6.07) is 11.9. The molecule has 1 unspecified atom stereocenters. The molecule has 1 atom stereocenters. The monoisotopic (exact) mass is 408 g/mol. The number of carbonyl (C=O) groups is 4. The van der Waals surface area contributed by atoms with Crippen molar-refractivity contribution < 1.29 is 19.2 Å². The van der Waals surface area contributed by atoms with Gasteiger partial charge in [-0.3, -0.25) is 19.8 Å². The van der Waals surface area contributed by atoms with Gasteiger partial charge in [-0.15, -0.1) is 0 Å². The smallest absolute Gasteiger partial charge is 0.325 e. The van der Waals surface area contributed by atoms with Crippen molar-refractivity contribution in [3.63, 3.8) is 0 Å². The van der Waals surface area contributed by atoms with Crippen LogP contribution in [0.1, 0.15) is 38.2 Å². The van der Waals surface area contributed by atoms with Crippen molar-refractivity contribution >= 4 is 34.6 Å². The molecule has 1 aliphatic heterocycles. The molecule has 2 aromatic rings. The lowest BCUT2D eigenvalue weighted by atomic mass is 9.88. The SMILES string of the molecule is CC1(c2cccc3ccccc23)NC(=O)N(CC(=O)NC(=O)NC2CCCC2)C1=O. The number of hydrogen-bond donors (Lipinski definition) is 3. The van der Waals surface area contributed by atoms with Crippen LogP contribution < -0.4 is 16.0 Å². The molecule has 1 saturated heterocycles. The summed E-state index contributed by atoms with van der Waals surface area (Å²) >= 11 is 0. The van der Waals surface area contributed by atoms with Gasteiger partial charge in [0.05, 0.1) is 0 Å². The summed E-state index contributed by atoms with van der Waals surface area (Å²) in [6.45, 7) is 1.10. The van der Waals surface area contributed by atoms with Gasteiger partial charge in [0, 0.05) is 6.04 Å². The molecule has 1 saturated carbocycles. The van der Waals surface area contributed by atoms with Gasteiger partial charge in [0.2, 0.25) is 5.91 Å². The second-order valence-electron chi connectivity index (χ2n) is 7.98. The molecule has 8 heteroatoms. The Kier molecular flexibility index (Phi) is 5.15. The number of carbonyl (C=O) groups excluding carboxylic acids is 4. The predicted molar refractivity (Wildman–Crippen MR) is 110 cm³/mol. The maximum atomic E-state index is 13.1. The number of benzene rings is 2. The Labute approximate surface area is 174 Å². The number of imide groups is 2. The first kappa shape index (κ1) is 19.9. The molecule has 2 aromatic carbocycles. The van der Waals surface area contributed by atoms with Gasteiger partial charge in [-0.05, 0) is 36.1 Å². The first-order valence-electron chi connectivity index (χ1n) is 10.1. The molecule has 0 aromatic heterocycles. The quantitative estimate of drug-likeness (QED) is 0.675. The molecule has 1 aliphatic carbocycles. The lowest BCUT2D eigenvalue weighted by Gasteiger charge is -2.24. The number of nitrogens with zero attached hydrogens (tertiary/aromatic N) is 1. The van der Waals surface area contributed by atoms with E-state index in [0.717, 1.165) is 41.4 Å². The van der Waals surface area contributed by atoms with Crippen LogP contribution in [0.2, 0.25) is 0 Å². The fraction of sp³-hybridized carbons (Fsp3) is 0.364. The lowest BCUT2D eigenvalue weighted by molar-refractivity contribution is -0.134. The van der Waals surface area contributed by atoms with E-state index in [4.69, 9.17) is 0 Å². The summed E-state index contributed by atoms with van der Waals surface area (Å²) in [6.07, 6.45) is 3.87. The van der Waals surface area contributed by atoms with Crippen LogP contribution in [0.15, 0.2) is 42.5 Å². The molecule has 2 fully saturated rings. The van der Waals surface area contributed by atoms with Crippen molar-refractivity contribution in [1.29, 1.82) is 0 Å². The first-order valence-corrected chi connectivity index (χ1v) is 10.1. The summed E-state index contributed by atoms with van der Waals surface area (Å²) in [4.78, 5) is 50.8. The van der Waals surface area contributed by atoms with Gasteiger partial charge in [0.25, 0.3) is 5.91 Å². The van der Waals surface area contributed by atoms with Crippen molar-refractivity contribution in [2.24, 2.45) is 0 Å². The van der Waals surface area contributed by atoms with E-state index < -0.39 is 36.0 Å². The fourth-order valence-electron chi connectivity index (χ4n) is 4.29. The minimum atomic E-state index is -1.30. The number of fused-ring (bicyclic) bond motifs is 1. The van der Waals surface area contributed by atoms with Gasteiger partial charge in [-0.25, -0.2) is 9.59 Å². The van der Waals surface area contributed by atoms with Crippen LogP contribution in [0.25, 0.3) is 10.8 Å². The van der Waals surface area contributed by atoms with Crippen LogP contribution in [0.5, 0.6) is 0 Å². The summed E-state index contributed by atoms with van der Waals surface area (Å²) in [5, 5.41) is 9.45. The molecule has 0 bridgehead atoms. The molecule has 0 radical (unpaired) electrons. The molecule has 4 rings (SSSR count). The Morgan fingerprint density at radius 2 is 1.80 bits per heavy atom. The van der Waals surface area contributed by atoms with Crippen molar-refractivity contribution in [1.82, 2.24) is 20.9 Å². The topological polar surface area (TPSA) is 108 Å². The van der Waals surface area contributed by atoms with Crippen LogP contribution >= 0.6 is 0 Å². The van der Waals surface area contributed by atoms with Crippen molar-refractivity contribution in [3.05, 3.63) is 48.0 Å². The Bertz CT molecular complexity index is 1030. The van der Waals surface area contributed by atoms with Crippen LogP contribution in [0.4, 0.5) is 9.59 Å². The maximum Gasteiger partial charge on any atom is 0.325 e. The highest BCUT2D eigenvalue weighted by Gasteiger charge is 2.50. The molecule has 156 valence electrons. The van der Waals surface area contributed by atoms with E-state index in [-0.39, 0.29) is 6.04 Å². The van der Waals surface area contributed by atoms with E-state index in [1.54, 1.807) is 13.0 Å². The third-order valence-electron chi connectivity index (χ3n) is 5.85. The van der Waals surface area contributed by atoms with E-state index in [1.165, 1.54) is 0 Å². The highest BCUT2D eigenvalue weighted by molar-refractivity contribution is 6.11. The predicted octanol–water partition coefficient (Wildman–Crippen LogP) is 2.38. The van der Waals surface area contributed by atoms with Gasteiger partial charge in [0.1, 0.15) is 12.1 Å². The number of hydrogen-bond acceptors (Lipinski definition) is 4. The Balaban J connectivity index is 1.48. The first-order chi connectivity index (χ1) is 14.4. The third kappa shape index (κ3) is 3.60. The van der Waals surface area contributed by atoms with Crippen molar-refractivity contribution in [2.75, 3.05) is 6.54 Å². The van der Waals surface area contributed by atoms with E-state index in [0.29, 0.717) is 5.56 Å². The minimum Gasteiger partial charge on any atom is -0.335 e. The summed E-state index contributed by atoms with van der Waals surface area (Å²) < 4.78 is 0. The highest BCUT2D eigenvalue weighted by atomic mass is 16.2. The van der Waals surface area contributed by atoms with Gasteiger partial charge in [-0.1, -0.05) is 55.3 Å². The third-order valence-corrected chi connectivity index (χ3v) is 5.85. The van der Waals surface area contributed by atoms with Crippen LogP contribution in [0, 0.1) is 0 Å². The van der Waals surface area contributed by atoms with Gasteiger partial charge in [-0.2, -0.15) is 0 Å². The zero-order chi connectivity index (χ0) is 21.3. The Morgan fingerprint density at radius 1 is 1.10 bits per heavy atom. The molecule has 8 nitrogen and oxygen atoms in total. The molecule has 1 heterocycles. The standard InChI is InChI=1S/C22H24N4O4/c1-22(17-12-6-8-14-7-2-5-11-16(14)17)19(28)26(21(30)25-22)13-18(27)24-20(29)23-15-9-3-4-10-15/h2,5-8,11-12,15H,3-4,9-10,13H2,1H3,(H,25,30)(H2,23,24,27,29). The molecule has 3 N–H and O–H groups in total. The maximum absolute atomic E-state index is 13.1. The summed E-state index contributed by atoms with van der Waals surface area (Å²) in [5.74, 6) is -1.24. The second-order valence-corrected chi connectivity index (χ2v) is 7.98. The molecule has 0 spiro atoms. The van der Waals surface area contributed by atoms with Gasteiger partial charge in [0.15, 0.2) is 0 Å². The zero-order valence-corrected chi connectivity index (χ0v) is 16.7. The van der Waals surface area contributed by atoms with E-state index in [9.17, 15) is 19.2 Å². The molecule has 30 heavy (non-hydrogen) atoms. The number of urea groups is 2. The lowest BCUT2D eigenvalue weighted by Crippen LogP contribution is -2.48. The van der Waals surface area contributed by atoms with Crippen LogP contribution in [-0.4, -0.2) is 41.4 Å². The Hall–Kier alpha value is -3.42. The molecule has 2 aliphatic rings. The zero-order valence-electron chi connectivity index (χ0n) is 16.7. The summed E-state index contributed by atoms with van der Waals surface area (Å²) in [5.41, 5.74) is -0.648.